The van der Waals surface area contributed by atoms with Crippen LogP contribution in [0, 0.1) is 6.92 Å². The summed E-state index contributed by atoms with van der Waals surface area (Å²) in [5.74, 6) is 0. The monoisotopic (exact) mass is 206 g/mol. The van der Waals surface area contributed by atoms with Crippen LogP contribution in [0.3, 0.4) is 0 Å². The van der Waals surface area contributed by atoms with Gasteiger partial charge in [-0.2, -0.15) is 0 Å². The fourth-order valence-corrected chi connectivity index (χ4v) is 1.59. The van der Waals surface area contributed by atoms with Crippen molar-refractivity contribution in [1.29, 1.82) is 0 Å². The first kappa shape index (κ1) is 14.4. The Hall–Kier alpha value is -0.0900. The Balaban J connectivity index is 0. The molecule has 0 bridgehead atoms. The highest BCUT2D eigenvalue weighted by Gasteiger charge is 1.94. The fraction of sp³-hybridized carbons (Fsp3) is 0.750. The Kier molecular flexibility index (Phi) is 13.1. The van der Waals surface area contributed by atoms with Crippen molar-refractivity contribution in [2.24, 2.45) is 0 Å². The molecule has 1 aromatic heterocycles. The second-order valence-electron chi connectivity index (χ2n) is 1.29. The third kappa shape index (κ3) is 6.61. The number of aryl methyl sites for hydroxylation is 1. The van der Waals surface area contributed by atoms with E-state index >= 15 is 0 Å². The van der Waals surface area contributed by atoms with Crippen LogP contribution in [0.25, 0.3) is 0 Å². The minimum absolute atomic E-state index is 1.04. The summed E-state index contributed by atoms with van der Waals surface area (Å²) in [7, 11) is 0. The van der Waals surface area contributed by atoms with Crippen LogP contribution in [0.15, 0.2) is 4.34 Å². The lowest BCUT2D eigenvalue weighted by molar-refractivity contribution is 0.985. The molecule has 12 heavy (non-hydrogen) atoms. The van der Waals surface area contributed by atoms with Crippen LogP contribution in [0.2, 0.25) is 0 Å². The molecule has 0 aliphatic carbocycles. The molecule has 0 saturated heterocycles. The summed E-state index contributed by atoms with van der Waals surface area (Å²) in [6.07, 6.45) is 2.00. The van der Waals surface area contributed by atoms with Crippen molar-refractivity contribution in [1.82, 2.24) is 10.2 Å². The summed E-state index contributed by atoms with van der Waals surface area (Å²) >= 11 is 3.26. The molecule has 1 aromatic rings. The first-order chi connectivity index (χ1) is 5.83. The minimum atomic E-state index is 1.04. The summed E-state index contributed by atoms with van der Waals surface area (Å²) in [5.41, 5.74) is 0. The van der Waals surface area contributed by atoms with Gasteiger partial charge in [-0.1, -0.05) is 50.8 Å². The van der Waals surface area contributed by atoms with Gasteiger partial charge < -0.3 is 0 Å². The minimum Gasteiger partial charge on any atom is -0.143 e. The first-order valence-corrected chi connectivity index (χ1v) is 6.21. The Morgan fingerprint density at radius 3 is 1.75 bits per heavy atom. The number of aromatic nitrogens is 2. The summed E-state index contributed by atoms with van der Waals surface area (Å²) in [4.78, 5) is 0. The standard InChI is InChI=1S/C4H6N2S2.2C2H6/c1-3-5-6-4(7-2)8-3;2*1-2/h1-2H3;2*1-2H3. The molecule has 0 atom stereocenters. The lowest BCUT2D eigenvalue weighted by atomic mass is 10.9. The van der Waals surface area contributed by atoms with Gasteiger partial charge >= 0.3 is 0 Å². The van der Waals surface area contributed by atoms with Crippen molar-refractivity contribution in [2.45, 2.75) is 39.0 Å². The molecule has 0 unspecified atom stereocenters. The average molecular weight is 206 g/mol. The summed E-state index contributed by atoms with van der Waals surface area (Å²) < 4.78 is 1.04. The van der Waals surface area contributed by atoms with Crippen molar-refractivity contribution in [3.05, 3.63) is 5.01 Å². The fourth-order valence-electron chi connectivity index (χ4n) is 0.361. The predicted octanol–water partition coefficient (Wildman–Crippen LogP) is 3.62. The molecule has 72 valence electrons. The highest BCUT2D eigenvalue weighted by molar-refractivity contribution is 8.00. The van der Waals surface area contributed by atoms with Crippen molar-refractivity contribution in [2.75, 3.05) is 6.26 Å². The van der Waals surface area contributed by atoms with Crippen LogP contribution in [0.4, 0.5) is 0 Å². The van der Waals surface area contributed by atoms with E-state index < -0.39 is 0 Å². The van der Waals surface area contributed by atoms with Crippen molar-refractivity contribution in [3.63, 3.8) is 0 Å². The van der Waals surface area contributed by atoms with Gasteiger partial charge in [0.25, 0.3) is 0 Å². The number of rotatable bonds is 1. The molecule has 1 rings (SSSR count). The van der Waals surface area contributed by atoms with Crippen molar-refractivity contribution < 1.29 is 0 Å². The first-order valence-electron chi connectivity index (χ1n) is 4.17. The van der Waals surface area contributed by atoms with Gasteiger partial charge in [0.05, 0.1) is 0 Å². The maximum Gasteiger partial charge on any atom is 0.174 e. The molecule has 0 aromatic carbocycles. The Morgan fingerprint density at radius 1 is 1.08 bits per heavy atom. The zero-order valence-corrected chi connectivity index (χ0v) is 10.3. The zero-order chi connectivity index (χ0) is 9.98. The SMILES string of the molecule is CC.CC.CSc1nnc(C)s1. The zero-order valence-electron chi connectivity index (χ0n) is 8.71. The van der Waals surface area contributed by atoms with Crippen LogP contribution in [0.1, 0.15) is 32.7 Å². The predicted molar refractivity (Wildman–Crippen MR) is 59.1 cm³/mol. The van der Waals surface area contributed by atoms with E-state index in [9.17, 15) is 0 Å². The van der Waals surface area contributed by atoms with E-state index in [1.807, 2.05) is 40.9 Å². The van der Waals surface area contributed by atoms with Gasteiger partial charge in [0.15, 0.2) is 4.34 Å². The lowest BCUT2D eigenvalue weighted by Crippen LogP contribution is -1.67. The van der Waals surface area contributed by atoms with Crippen molar-refractivity contribution >= 4 is 23.1 Å². The molecule has 0 fully saturated rings. The number of thioether (sulfide) groups is 1. The number of hydrogen-bond acceptors (Lipinski definition) is 4. The lowest BCUT2D eigenvalue weighted by Gasteiger charge is -1.75. The van der Waals surface area contributed by atoms with Gasteiger partial charge in [0, 0.05) is 0 Å². The number of hydrogen-bond donors (Lipinski definition) is 0. The topological polar surface area (TPSA) is 25.8 Å². The van der Waals surface area contributed by atoms with E-state index in [1.165, 1.54) is 0 Å². The third-order valence-electron chi connectivity index (χ3n) is 0.682. The van der Waals surface area contributed by atoms with E-state index in [0.717, 1.165) is 9.35 Å². The van der Waals surface area contributed by atoms with E-state index in [-0.39, 0.29) is 0 Å². The third-order valence-corrected chi connectivity index (χ3v) is 2.50. The molecule has 0 aliphatic heterocycles. The van der Waals surface area contributed by atoms with E-state index in [4.69, 9.17) is 0 Å². The maximum atomic E-state index is 3.87. The summed E-state index contributed by atoms with van der Waals surface area (Å²) in [5, 5.41) is 8.74. The molecular weight excluding hydrogens is 188 g/mol. The summed E-state index contributed by atoms with van der Waals surface area (Å²) in [6.45, 7) is 9.96. The molecule has 0 amide bonds. The Labute approximate surface area is 83.8 Å². The quantitative estimate of drug-likeness (QED) is 0.656. The molecule has 0 N–H and O–H groups in total. The summed E-state index contributed by atoms with van der Waals surface area (Å²) in [6, 6.07) is 0. The molecule has 1 heterocycles. The van der Waals surface area contributed by atoms with Gasteiger partial charge in [-0.25, -0.2) is 0 Å². The Bertz CT molecular complexity index is 175. The van der Waals surface area contributed by atoms with Crippen LogP contribution < -0.4 is 0 Å². The molecule has 4 heteroatoms. The normalized spacial score (nSPS) is 7.50. The highest BCUT2D eigenvalue weighted by Crippen LogP contribution is 2.17. The Morgan fingerprint density at radius 2 is 1.58 bits per heavy atom. The second-order valence-corrected chi connectivity index (χ2v) is 3.53. The smallest absolute Gasteiger partial charge is 0.143 e. The van der Waals surface area contributed by atoms with Crippen LogP contribution >= 0.6 is 23.1 Å². The van der Waals surface area contributed by atoms with Gasteiger partial charge in [-0.15, -0.1) is 10.2 Å². The van der Waals surface area contributed by atoms with E-state index in [1.54, 1.807) is 23.1 Å². The van der Waals surface area contributed by atoms with E-state index in [0.29, 0.717) is 0 Å². The van der Waals surface area contributed by atoms with Gasteiger partial charge in [-0.3, -0.25) is 0 Å². The molecular formula is C8H18N2S2. The average Bonchev–Trinajstić information content (AvgIpc) is 2.58. The second kappa shape index (κ2) is 10.9. The molecule has 0 spiro atoms. The molecule has 2 nitrogen and oxygen atoms in total. The number of nitrogens with zero attached hydrogens (tertiary/aromatic N) is 2. The highest BCUT2D eigenvalue weighted by atomic mass is 32.2. The van der Waals surface area contributed by atoms with E-state index in [2.05, 4.69) is 10.2 Å². The largest absolute Gasteiger partial charge is 0.174 e. The van der Waals surface area contributed by atoms with Crippen LogP contribution in [-0.4, -0.2) is 16.5 Å². The van der Waals surface area contributed by atoms with Crippen LogP contribution in [0.5, 0.6) is 0 Å². The van der Waals surface area contributed by atoms with Gasteiger partial charge in [0.1, 0.15) is 5.01 Å². The molecule has 0 saturated carbocycles. The maximum absolute atomic E-state index is 3.87. The molecule has 0 radical (unpaired) electrons. The molecule has 0 aliphatic rings. The van der Waals surface area contributed by atoms with Gasteiger partial charge in [0.2, 0.25) is 0 Å². The van der Waals surface area contributed by atoms with Crippen molar-refractivity contribution in [3.8, 4) is 0 Å². The van der Waals surface area contributed by atoms with Crippen LogP contribution in [-0.2, 0) is 0 Å². The van der Waals surface area contributed by atoms with Gasteiger partial charge in [-0.05, 0) is 13.2 Å².